The van der Waals surface area contributed by atoms with Gasteiger partial charge in [0.1, 0.15) is 11.2 Å². The molecule has 0 bridgehead atoms. The first-order valence-electron chi connectivity index (χ1n) is 9.62. The van der Waals surface area contributed by atoms with Crippen molar-refractivity contribution in [3.05, 3.63) is 36.2 Å². The van der Waals surface area contributed by atoms with E-state index in [1.54, 1.807) is 7.05 Å². The molecule has 1 unspecified atom stereocenters. The van der Waals surface area contributed by atoms with E-state index in [1.807, 2.05) is 4.90 Å². The highest BCUT2D eigenvalue weighted by Gasteiger charge is 2.66. The molecule has 0 saturated carbocycles. The number of rotatable bonds is 5. The Labute approximate surface area is 192 Å². The fraction of sp³-hybridized carbons (Fsp3) is 0.333. The van der Waals surface area contributed by atoms with Gasteiger partial charge in [0.25, 0.3) is 5.91 Å². The molecule has 2 heterocycles. The quantitative estimate of drug-likeness (QED) is 0.202. The minimum atomic E-state index is -10.5. The molecule has 35 heavy (non-hydrogen) atoms. The number of hydrogen-bond acceptors (Lipinski definition) is 6. The summed E-state index contributed by atoms with van der Waals surface area (Å²) in [7, 11) is -8.69. The van der Waals surface area contributed by atoms with Crippen LogP contribution in [0.3, 0.4) is 0 Å². The highest BCUT2D eigenvalue weighted by atomic mass is 32.5. The van der Waals surface area contributed by atoms with Gasteiger partial charge < -0.3 is 4.90 Å². The van der Waals surface area contributed by atoms with Gasteiger partial charge in [0.15, 0.2) is 5.82 Å². The van der Waals surface area contributed by atoms with Gasteiger partial charge in [-0.05, 0) is 38.2 Å². The molecule has 194 valence electrons. The number of imide groups is 1. The lowest BCUT2D eigenvalue weighted by atomic mass is 10.1. The highest BCUT2D eigenvalue weighted by molar-refractivity contribution is 8.45. The van der Waals surface area contributed by atoms with Crippen molar-refractivity contribution in [1.82, 2.24) is 24.7 Å². The number of nitrogens with zero attached hydrogens (tertiary/aromatic N) is 5. The van der Waals surface area contributed by atoms with Crippen LogP contribution in [0.5, 0.6) is 0 Å². The van der Waals surface area contributed by atoms with Crippen molar-refractivity contribution in [2.24, 2.45) is 11.8 Å². The molecule has 2 aromatic rings. The first-order chi connectivity index (χ1) is 15.7. The van der Waals surface area contributed by atoms with E-state index in [1.165, 1.54) is 0 Å². The van der Waals surface area contributed by atoms with E-state index in [-0.39, 0.29) is 12.1 Å². The number of carbonyl (C=O) groups excluding carboxylic acids is 2. The van der Waals surface area contributed by atoms with E-state index < -0.39 is 62.0 Å². The van der Waals surface area contributed by atoms with Crippen LogP contribution in [-0.2, 0) is 15.8 Å². The molecule has 0 spiro atoms. The molecule has 3 rings (SSSR count). The van der Waals surface area contributed by atoms with Crippen molar-refractivity contribution in [3.63, 3.8) is 0 Å². The highest BCUT2D eigenvalue weighted by Crippen LogP contribution is 3.02. The molecule has 1 fully saturated rings. The lowest BCUT2D eigenvalue weighted by Gasteiger charge is -2.40. The van der Waals surface area contributed by atoms with Gasteiger partial charge in [-0.1, -0.05) is 19.4 Å². The van der Waals surface area contributed by atoms with Gasteiger partial charge >= 0.3 is 16.4 Å². The second-order valence-electron chi connectivity index (χ2n) is 7.87. The summed E-state index contributed by atoms with van der Waals surface area (Å²) in [5.41, 5.74) is -2.96. The molecular weight excluding hydrogens is 516 g/mol. The molecule has 1 atom stereocenters. The topological polar surface area (TPSA) is 97.4 Å². The van der Waals surface area contributed by atoms with Crippen molar-refractivity contribution in [2.45, 2.75) is 17.5 Å². The first-order valence-corrected chi connectivity index (χ1v) is 11.6. The Bertz CT molecular complexity index is 1190. The Morgan fingerprint density at radius 2 is 1.83 bits per heavy atom. The Kier molecular flexibility index (Phi) is 6.06. The summed E-state index contributed by atoms with van der Waals surface area (Å²) >= 11 is 0. The van der Waals surface area contributed by atoms with Gasteiger partial charge in [0.05, 0.1) is 11.5 Å². The third-order valence-corrected chi connectivity index (χ3v) is 6.16. The predicted molar refractivity (Wildman–Crippen MR) is 109 cm³/mol. The van der Waals surface area contributed by atoms with Gasteiger partial charge in [-0.2, -0.15) is 13.2 Å². The number of amides is 2. The van der Waals surface area contributed by atoms with Gasteiger partial charge in [-0.25, -0.2) is 20.5 Å². The van der Waals surface area contributed by atoms with Crippen molar-refractivity contribution < 1.29 is 42.2 Å². The monoisotopic (exact) mass is 534 g/mol. The summed E-state index contributed by atoms with van der Waals surface area (Å²) in [5.74, 6) is 2.65. The molecule has 17 heteroatoms. The molecule has 0 aliphatic carbocycles. The zero-order chi connectivity index (χ0) is 26.5. The maximum Gasteiger partial charge on any atom is 0.416 e. The van der Waals surface area contributed by atoms with Crippen LogP contribution >= 0.6 is 10.2 Å². The van der Waals surface area contributed by atoms with Gasteiger partial charge in [-0.3, -0.25) is 9.59 Å². The van der Waals surface area contributed by atoms with Crippen molar-refractivity contribution in [1.29, 1.82) is 0 Å². The zero-order valence-corrected chi connectivity index (χ0v) is 18.5. The third kappa shape index (κ3) is 6.34. The molecule has 1 saturated heterocycles. The molecule has 1 aliphatic heterocycles. The van der Waals surface area contributed by atoms with E-state index in [2.05, 4.69) is 10.1 Å². The van der Waals surface area contributed by atoms with Gasteiger partial charge in [0.2, 0.25) is 5.91 Å². The number of nitrogens with two attached hydrogens (primary N) is 1. The Balaban J connectivity index is 1.86. The van der Waals surface area contributed by atoms with Crippen LogP contribution in [0.2, 0.25) is 0 Å². The molecule has 1 aromatic heterocycles. The average molecular weight is 534 g/mol. The molecule has 1 aliphatic rings. The number of carbonyl (C=O) groups is 2. The normalized spacial score (nSPS) is 19.5. The number of hydrazine groups is 1. The molecular formula is C18H18F8N6O2S. The maximum atomic E-state index is 13.2. The number of likely N-dealkylation sites (tertiary alicyclic amines) is 1. The fourth-order valence-corrected chi connectivity index (χ4v) is 3.96. The largest absolute Gasteiger partial charge is 0.416 e. The first kappa shape index (κ1) is 26.6. The lowest BCUT2D eigenvalue weighted by molar-refractivity contribution is -0.145. The van der Waals surface area contributed by atoms with E-state index in [0.717, 1.165) is 18.6 Å². The number of alkyl halides is 3. The molecule has 2 N–H and O–H groups in total. The van der Waals surface area contributed by atoms with Crippen LogP contribution in [0, 0.1) is 5.92 Å². The van der Waals surface area contributed by atoms with Crippen LogP contribution in [-0.4, -0.2) is 56.6 Å². The summed E-state index contributed by atoms with van der Waals surface area (Å²) in [6.45, 7) is 1.03. The van der Waals surface area contributed by atoms with Crippen LogP contribution in [0.4, 0.5) is 32.6 Å². The molecule has 2 amide bonds. The second-order valence-corrected chi connectivity index (χ2v) is 10.3. The van der Waals surface area contributed by atoms with Crippen molar-refractivity contribution in [3.8, 4) is 11.4 Å². The zero-order valence-electron chi connectivity index (χ0n) is 17.7. The Morgan fingerprint density at radius 1 is 1.17 bits per heavy atom. The summed E-state index contributed by atoms with van der Waals surface area (Å²) in [6.07, 6.45) is -2.43. The smallest absolute Gasteiger partial charge is 0.306 e. The number of benzene rings is 1. The van der Waals surface area contributed by atoms with E-state index >= 15 is 0 Å². The number of halogens is 8. The van der Waals surface area contributed by atoms with Crippen molar-refractivity contribution >= 4 is 28.2 Å². The second kappa shape index (κ2) is 7.99. The predicted octanol–water partition coefficient (Wildman–Crippen LogP) is 4.27. The van der Waals surface area contributed by atoms with Crippen LogP contribution in [0.1, 0.15) is 12.0 Å². The van der Waals surface area contributed by atoms with E-state index in [4.69, 9.17) is 5.84 Å². The van der Waals surface area contributed by atoms with Crippen molar-refractivity contribution in [2.75, 3.05) is 20.1 Å². The summed E-state index contributed by atoms with van der Waals surface area (Å²) < 4.78 is 106. The van der Waals surface area contributed by atoms with Crippen LogP contribution in [0.15, 0.2) is 35.5 Å². The summed E-state index contributed by atoms with van der Waals surface area (Å²) in [5, 5.41) is 3.95. The summed E-state index contributed by atoms with van der Waals surface area (Å²) in [6, 6.07) is -0.694. The van der Waals surface area contributed by atoms with E-state index in [0.29, 0.717) is 29.2 Å². The van der Waals surface area contributed by atoms with Crippen LogP contribution < -0.4 is 5.84 Å². The summed E-state index contributed by atoms with van der Waals surface area (Å²) in [4.78, 5) is 27.0. The Morgan fingerprint density at radius 3 is 2.37 bits per heavy atom. The third-order valence-electron chi connectivity index (χ3n) is 5.03. The number of hydrogen-bond donors (Lipinski definition) is 1. The minimum absolute atomic E-state index is 0.181. The SMILES string of the molecule is CN1CCC(C(=O)N(N)C(=O)/C=C\n2cnc(-c3cc(C(F)(F)F)cc(S(F)(F)(F)(F)F)c3)n2)C1. The minimum Gasteiger partial charge on any atom is -0.306 e. The lowest BCUT2D eigenvalue weighted by Crippen LogP contribution is -2.45. The van der Waals surface area contributed by atoms with Crippen LogP contribution in [0.25, 0.3) is 17.6 Å². The Hall–Kier alpha value is -3.05. The van der Waals surface area contributed by atoms with Gasteiger partial charge in [0, 0.05) is 24.4 Å². The average Bonchev–Trinajstić information content (AvgIpc) is 3.37. The number of aromatic nitrogens is 3. The molecule has 8 nitrogen and oxygen atoms in total. The van der Waals surface area contributed by atoms with Gasteiger partial charge in [-0.15, -0.1) is 5.10 Å². The standard InChI is InChI=1S/C18H18F8N6O2S/c1-30-4-2-11(9-30)17(34)32(27)15(33)3-5-31-10-28-16(29-31)12-6-13(18(19,20)21)8-14(7-12)35(22,23,24,25)26/h3,5-8,10-11H,2,4,9,27H2,1H3/b5-3-. The van der Waals surface area contributed by atoms with E-state index in [9.17, 15) is 42.2 Å². The maximum absolute atomic E-state index is 13.2. The fourth-order valence-electron chi connectivity index (χ4n) is 3.26. The molecule has 0 radical (unpaired) electrons. The molecule has 1 aromatic carbocycles.